The summed E-state index contributed by atoms with van der Waals surface area (Å²) in [5, 5.41) is 0. The van der Waals surface area contributed by atoms with Gasteiger partial charge in [-0.05, 0) is 43.8 Å². The number of aromatic nitrogens is 1. The van der Waals surface area contributed by atoms with Gasteiger partial charge in [0.15, 0.2) is 0 Å². The Morgan fingerprint density at radius 3 is 2.55 bits per heavy atom. The maximum atomic E-state index is 12.9. The summed E-state index contributed by atoms with van der Waals surface area (Å²) < 4.78 is 12.9. The minimum absolute atomic E-state index is 0.134. The Balaban J connectivity index is 1.93. The molecule has 4 heteroatoms. The molecule has 0 aliphatic rings. The summed E-state index contributed by atoms with van der Waals surface area (Å²) in [6.07, 6.45) is 0. The Hall–Kier alpha value is -1.78. The van der Waals surface area contributed by atoms with E-state index in [0.717, 1.165) is 23.5 Å². The molecule has 0 bridgehead atoms. The van der Waals surface area contributed by atoms with Crippen molar-refractivity contribution >= 4 is 0 Å². The lowest BCUT2D eigenvalue weighted by Gasteiger charge is -2.21. The summed E-state index contributed by atoms with van der Waals surface area (Å²) in [5.41, 5.74) is 9.12. The Bertz CT molecular complexity index is 554. The van der Waals surface area contributed by atoms with E-state index in [4.69, 9.17) is 5.73 Å². The molecule has 106 valence electrons. The van der Waals surface area contributed by atoms with Crippen LogP contribution in [-0.4, -0.2) is 23.5 Å². The first kappa shape index (κ1) is 14.6. The largest absolute Gasteiger partial charge is 0.323 e. The van der Waals surface area contributed by atoms with Crippen LogP contribution in [0.2, 0.25) is 0 Å². The SMILES string of the molecule is Cc1cccc(CN(C)CC(N)c2ccc(F)cc2)n1. The van der Waals surface area contributed by atoms with E-state index in [2.05, 4.69) is 9.88 Å². The predicted octanol–water partition coefficient (Wildman–Crippen LogP) is 2.66. The van der Waals surface area contributed by atoms with Crippen LogP contribution in [0, 0.1) is 12.7 Å². The molecule has 2 rings (SSSR count). The molecule has 0 aliphatic carbocycles. The number of rotatable bonds is 5. The minimum atomic E-state index is -0.238. The molecule has 3 nitrogen and oxygen atoms in total. The zero-order valence-corrected chi connectivity index (χ0v) is 11.9. The highest BCUT2D eigenvalue weighted by Crippen LogP contribution is 2.13. The van der Waals surface area contributed by atoms with Crippen LogP contribution in [0.4, 0.5) is 4.39 Å². The Morgan fingerprint density at radius 1 is 1.20 bits per heavy atom. The number of likely N-dealkylation sites (N-methyl/N-ethyl adjacent to an activating group) is 1. The van der Waals surface area contributed by atoms with Gasteiger partial charge in [-0.3, -0.25) is 9.88 Å². The van der Waals surface area contributed by atoms with Crippen LogP contribution in [0.1, 0.15) is 23.0 Å². The van der Waals surface area contributed by atoms with Crippen molar-refractivity contribution in [1.29, 1.82) is 0 Å². The Kier molecular flexibility index (Phi) is 4.82. The molecule has 0 radical (unpaired) electrons. The molecular weight excluding hydrogens is 253 g/mol. The van der Waals surface area contributed by atoms with Gasteiger partial charge in [-0.25, -0.2) is 4.39 Å². The van der Waals surface area contributed by atoms with Crippen molar-refractivity contribution in [3.8, 4) is 0 Å². The van der Waals surface area contributed by atoms with E-state index in [0.29, 0.717) is 6.54 Å². The van der Waals surface area contributed by atoms with Crippen LogP contribution >= 0.6 is 0 Å². The molecule has 20 heavy (non-hydrogen) atoms. The first-order valence-corrected chi connectivity index (χ1v) is 6.67. The van der Waals surface area contributed by atoms with E-state index in [1.54, 1.807) is 12.1 Å². The first-order valence-electron chi connectivity index (χ1n) is 6.67. The van der Waals surface area contributed by atoms with Crippen molar-refractivity contribution in [2.24, 2.45) is 5.73 Å². The van der Waals surface area contributed by atoms with Crippen molar-refractivity contribution in [1.82, 2.24) is 9.88 Å². The third-order valence-corrected chi connectivity index (χ3v) is 3.18. The Labute approximate surface area is 119 Å². The standard InChI is InChI=1S/C16H20FN3/c1-12-4-3-5-15(19-12)10-20(2)11-16(18)13-6-8-14(17)9-7-13/h3-9,16H,10-11,18H2,1-2H3. The number of pyridine rings is 1. The summed E-state index contributed by atoms with van der Waals surface area (Å²) >= 11 is 0. The van der Waals surface area contributed by atoms with E-state index in [-0.39, 0.29) is 11.9 Å². The molecule has 1 aromatic carbocycles. The lowest BCUT2D eigenvalue weighted by atomic mass is 10.1. The quantitative estimate of drug-likeness (QED) is 0.910. The van der Waals surface area contributed by atoms with Gasteiger partial charge < -0.3 is 5.73 Å². The first-order chi connectivity index (χ1) is 9.54. The third-order valence-electron chi connectivity index (χ3n) is 3.18. The van der Waals surface area contributed by atoms with Gasteiger partial charge in [0.05, 0.1) is 5.69 Å². The number of hydrogen-bond acceptors (Lipinski definition) is 3. The lowest BCUT2D eigenvalue weighted by molar-refractivity contribution is 0.301. The Morgan fingerprint density at radius 2 is 1.90 bits per heavy atom. The monoisotopic (exact) mass is 273 g/mol. The van der Waals surface area contributed by atoms with Crippen molar-refractivity contribution in [2.45, 2.75) is 19.5 Å². The van der Waals surface area contributed by atoms with Crippen LogP contribution < -0.4 is 5.73 Å². The summed E-state index contributed by atoms with van der Waals surface area (Å²) in [6, 6.07) is 12.2. The normalized spacial score (nSPS) is 12.7. The van der Waals surface area contributed by atoms with Crippen LogP contribution in [0.5, 0.6) is 0 Å². The molecule has 0 spiro atoms. The smallest absolute Gasteiger partial charge is 0.123 e. The molecule has 1 heterocycles. The summed E-state index contributed by atoms with van der Waals surface area (Å²) in [7, 11) is 2.01. The zero-order valence-electron chi connectivity index (χ0n) is 11.9. The molecule has 0 fully saturated rings. The second kappa shape index (κ2) is 6.59. The molecule has 2 N–H and O–H groups in total. The van der Waals surface area contributed by atoms with Gasteiger partial charge in [-0.2, -0.15) is 0 Å². The van der Waals surface area contributed by atoms with Gasteiger partial charge in [0.1, 0.15) is 5.82 Å². The number of halogens is 1. The molecule has 0 saturated carbocycles. The number of nitrogens with two attached hydrogens (primary N) is 1. The molecule has 0 saturated heterocycles. The van der Waals surface area contributed by atoms with Gasteiger partial charge in [-0.1, -0.05) is 18.2 Å². The fourth-order valence-electron chi connectivity index (χ4n) is 2.18. The molecule has 1 unspecified atom stereocenters. The maximum Gasteiger partial charge on any atom is 0.123 e. The fourth-order valence-corrected chi connectivity index (χ4v) is 2.18. The van der Waals surface area contributed by atoms with Gasteiger partial charge in [0.25, 0.3) is 0 Å². The van der Waals surface area contributed by atoms with Crippen molar-refractivity contribution in [3.05, 3.63) is 65.2 Å². The van der Waals surface area contributed by atoms with Crippen LogP contribution in [0.25, 0.3) is 0 Å². The van der Waals surface area contributed by atoms with Crippen molar-refractivity contribution in [3.63, 3.8) is 0 Å². The average Bonchev–Trinajstić information content (AvgIpc) is 2.39. The summed E-state index contributed by atoms with van der Waals surface area (Å²) in [4.78, 5) is 6.59. The van der Waals surface area contributed by atoms with E-state index in [1.165, 1.54) is 12.1 Å². The zero-order chi connectivity index (χ0) is 14.5. The number of hydrogen-bond donors (Lipinski definition) is 1. The van der Waals surface area contributed by atoms with Gasteiger partial charge >= 0.3 is 0 Å². The van der Waals surface area contributed by atoms with Crippen molar-refractivity contribution in [2.75, 3.05) is 13.6 Å². The van der Waals surface area contributed by atoms with Crippen LogP contribution in [-0.2, 0) is 6.54 Å². The third kappa shape index (κ3) is 4.11. The molecular formula is C16H20FN3. The van der Waals surface area contributed by atoms with E-state index >= 15 is 0 Å². The topological polar surface area (TPSA) is 42.1 Å². The second-order valence-corrected chi connectivity index (χ2v) is 5.13. The number of nitrogens with zero attached hydrogens (tertiary/aromatic N) is 2. The highest BCUT2D eigenvalue weighted by Gasteiger charge is 2.10. The van der Waals surface area contributed by atoms with E-state index < -0.39 is 0 Å². The molecule has 1 atom stereocenters. The van der Waals surface area contributed by atoms with Gasteiger partial charge in [0, 0.05) is 24.8 Å². The maximum absolute atomic E-state index is 12.9. The second-order valence-electron chi connectivity index (χ2n) is 5.13. The van der Waals surface area contributed by atoms with Crippen LogP contribution in [0.15, 0.2) is 42.5 Å². The van der Waals surface area contributed by atoms with Gasteiger partial charge in [0.2, 0.25) is 0 Å². The molecule has 0 amide bonds. The number of benzene rings is 1. The highest BCUT2D eigenvalue weighted by molar-refractivity contribution is 5.20. The number of aryl methyl sites for hydroxylation is 1. The van der Waals surface area contributed by atoms with Crippen LogP contribution in [0.3, 0.4) is 0 Å². The lowest BCUT2D eigenvalue weighted by Crippen LogP contribution is -2.29. The predicted molar refractivity (Wildman–Crippen MR) is 78.6 cm³/mol. The molecule has 1 aromatic heterocycles. The summed E-state index contributed by atoms with van der Waals surface area (Å²) in [6.45, 7) is 3.42. The van der Waals surface area contributed by atoms with Gasteiger partial charge in [-0.15, -0.1) is 0 Å². The molecule has 2 aromatic rings. The highest BCUT2D eigenvalue weighted by atomic mass is 19.1. The van der Waals surface area contributed by atoms with E-state index in [1.807, 2.05) is 32.2 Å². The summed E-state index contributed by atoms with van der Waals surface area (Å²) in [5.74, 6) is -0.238. The fraction of sp³-hybridized carbons (Fsp3) is 0.312. The average molecular weight is 273 g/mol. The molecule has 0 aliphatic heterocycles. The van der Waals surface area contributed by atoms with E-state index in [9.17, 15) is 4.39 Å². The van der Waals surface area contributed by atoms with Crippen molar-refractivity contribution < 1.29 is 4.39 Å². The minimum Gasteiger partial charge on any atom is -0.323 e.